The minimum atomic E-state index is -0.738. The van der Waals surface area contributed by atoms with Gasteiger partial charge in [0.1, 0.15) is 11.2 Å². The third kappa shape index (κ3) is 5.17. The van der Waals surface area contributed by atoms with Crippen molar-refractivity contribution in [3.63, 3.8) is 0 Å². The number of carboxylic acid groups (broad SMARTS) is 1. The van der Waals surface area contributed by atoms with Crippen LogP contribution >= 0.6 is 11.8 Å². The van der Waals surface area contributed by atoms with E-state index in [4.69, 9.17) is 9.52 Å². The molecule has 1 aromatic heterocycles. The summed E-state index contributed by atoms with van der Waals surface area (Å²) in [7, 11) is 0. The smallest absolute Gasteiger partial charge is 0.307 e. The molecule has 0 aliphatic heterocycles. The maximum atomic E-state index is 11.0. The molecule has 5 aromatic rings. The minimum Gasteiger partial charge on any atom is -0.481 e. The first-order chi connectivity index (χ1) is 17.7. The van der Waals surface area contributed by atoms with Crippen LogP contribution in [0.15, 0.2) is 89.3 Å². The molecule has 0 spiro atoms. The second-order valence-corrected chi connectivity index (χ2v) is 11.8. The van der Waals surface area contributed by atoms with Gasteiger partial charge in [-0.3, -0.25) is 4.79 Å². The zero-order chi connectivity index (χ0) is 26.2. The van der Waals surface area contributed by atoms with Crippen LogP contribution in [0.4, 0.5) is 0 Å². The number of hydrogen-bond acceptors (Lipinski definition) is 3. The summed E-state index contributed by atoms with van der Waals surface area (Å²) in [6.07, 6.45) is 0. The molecule has 4 heteroatoms. The Bertz CT molecular complexity index is 1570. The van der Waals surface area contributed by atoms with Gasteiger partial charge in [-0.1, -0.05) is 107 Å². The van der Waals surface area contributed by atoms with E-state index in [1.807, 2.05) is 12.1 Å². The molecular weight excluding hydrogens is 476 g/mol. The first kappa shape index (κ1) is 25.2. The van der Waals surface area contributed by atoms with Gasteiger partial charge in [0.25, 0.3) is 0 Å². The molecule has 3 nitrogen and oxygen atoms in total. The predicted octanol–water partition coefficient (Wildman–Crippen LogP) is 9.17. The van der Waals surface area contributed by atoms with Crippen molar-refractivity contribution in [2.45, 2.75) is 38.9 Å². The molecule has 0 aliphatic carbocycles. The summed E-state index contributed by atoms with van der Waals surface area (Å²) in [6, 6.07) is 30.0. The standard InChI is InChI=1S/C33H32O3S/c1-21(32(34)35)19-37-20-22-12-14-23(15-13-22)24-16-17-25(29(18-24)33(2,3)4)27-9-7-10-28-26-8-5-6-11-30(26)36-31(27)28/h5-18,21H,19-20H2,1-4H3,(H,34,35). The molecule has 4 aromatic carbocycles. The van der Waals surface area contributed by atoms with Gasteiger partial charge >= 0.3 is 5.97 Å². The fourth-order valence-corrected chi connectivity index (χ4v) is 5.80. The maximum Gasteiger partial charge on any atom is 0.307 e. The zero-order valence-corrected chi connectivity index (χ0v) is 22.6. The Balaban J connectivity index is 1.49. The van der Waals surface area contributed by atoms with Crippen LogP contribution in [0.1, 0.15) is 38.8 Å². The maximum absolute atomic E-state index is 11.0. The van der Waals surface area contributed by atoms with Crippen molar-refractivity contribution in [3.8, 4) is 22.3 Å². The Morgan fingerprint density at radius 2 is 1.57 bits per heavy atom. The molecule has 0 amide bonds. The number of fused-ring (bicyclic) bond motifs is 3. The van der Waals surface area contributed by atoms with Gasteiger partial charge in [0.05, 0.1) is 5.92 Å². The molecule has 1 N–H and O–H groups in total. The van der Waals surface area contributed by atoms with Gasteiger partial charge in [0, 0.05) is 27.8 Å². The highest BCUT2D eigenvalue weighted by Gasteiger charge is 2.22. The predicted molar refractivity (Wildman–Crippen MR) is 156 cm³/mol. The Hall–Kier alpha value is -3.50. The van der Waals surface area contributed by atoms with Crippen LogP contribution in [0, 0.1) is 5.92 Å². The van der Waals surface area contributed by atoms with Crippen LogP contribution < -0.4 is 0 Å². The highest BCUT2D eigenvalue weighted by molar-refractivity contribution is 7.98. The van der Waals surface area contributed by atoms with Crippen molar-refractivity contribution in [3.05, 3.63) is 96.1 Å². The van der Waals surface area contributed by atoms with E-state index in [0.717, 1.165) is 33.3 Å². The van der Waals surface area contributed by atoms with Gasteiger partial charge in [0.15, 0.2) is 0 Å². The summed E-state index contributed by atoms with van der Waals surface area (Å²) in [4.78, 5) is 11.0. The summed E-state index contributed by atoms with van der Waals surface area (Å²) in [5.41, 5.74) is 8.94. The average molecular weight is 509 g/mol. The van der Waals surface area contributed by atoms with Crippen LogP contribution in [0.5, 0.6) is 0 Å². The molecule has 0 bridgehead atoms. The number of carboxylic acids is 1. The lowest BCUT2D eigenvalue weighted by Gasteiger charge is -2.24. The number of rotatable bonds is 7. The molecule has 0 fully saturated rings. The molecule has 0 radical (unpaired) electrons. The van der Waals surface area contributed by atoms with Crippen LogP contribution in [0.2, 0.25) is 0 Å². The van der Waals surface area contributed by atoms with Crippen molar-refractivity contribution in [1.82, 2.24) is 0 Å². The summed E-state index contributed by atoms with van der Waals surface area (Å²) in [6.45, 7) is 8.52. The lowest BCUT2D eigenvalue weighted by molar-refractivity contribution is -0.140. The quantitative estimate of drug-likeness (QED) is 0.238. The van der Waals surface area contributed by atoms with Gasteiger partial charge in [-0.15, -0.1) is 0 Å². The first-order valence-electron chi connectivity index (χ1n) is 12.7. The summed E-state index contributed by atoms with van der Waals surface area (Å²) < 4.78 is 6.36. The minimum absolute atomic E-state index is 0.0586. The van der Waals surface area contributed by atoms with Crippen LogP contribution in [0.25, 0.3) is 44.2 Å². The van der Waals surface area contributed by atoms with Crippen molar-refractivity contribution in [2.75, 3.05) is 5.75 Å². The number of benzene rings is 4. The molecule has 1 atom stereocenters. The van der Waals surface area contributed by atoms with Crippen molar-refractivity contribution in [2.24, 2.45) is 5.92 Å². The highest BCUT2D eigenvalue weighted by atomic mass is 32.2. The average Bonchev–Trinajstić information content (AvgIpc) is 3.27. The fraction of sp³-hybridized carbons (Fsp3) is 0.242. The normalized spacial score (nSPS) is 12.8. The Morgan fingerprint density at radius 3 is 2.30 bits per heavy atom. The zero-order valence-electron chi connectivity index (χ0n) is 21.7. The van der Waals surface area contributed by atoms with Crippen LogP contribution in [-0.2, 0) is 16.0 Å². The number of furan rings is 1. The number of aliphatic carboxylic acids is 1. The number of thioether (sulfide) groups is 1. The van der Waals surface area contributed by atoms with Gasteiger partial charge in [-0.05, 0) is 39.3 Å². The second-order valence-electron chi connectivity index (χ2n) is 10.7. The first-order valence-corrected chi connectivity index (χ1v) is 13.8. The molecule has 1 unspecified atom stereocenters. The van der Waals surface area contributed by atoms with Gasteiger partial charge < -0.3 is 9.52 Å². The summed E-state index contributed by atoms with van der Waals surface area (Å²) in [5.74, 6) is 0.360. The van der Waals surface area contributed by atoms with Gasteiger partial charge in [-0.25, -0.2) is 0 Å². The molecule has 1 heterocycles. The highest BCUT2D eigenvalue weighted by Crippen LogP contribution is 2.41. The molecule has 37 heavy (non-hydrogen) atoms. The van der Waals surface area contributed by atoms with Crippen LogP contribution in [-0.4, -0.2) is 16.8 Å². The lowest BCUT2D eigenvalue weighted by atomic mass is 9.80. The Labute approximate surface area is 222 Å². The van der Waals surface area contributed by atoms with E-state index >= 15 is 0 Å². The summed E-state index contributed by atoms with van der Waals surface area (Å²) >= 11 is 1.66. The van der Waals surface area contributed by atoms with E-state index in [1.165, 1.54) is 27.8 Å². The summed E-state index contributed by atoms with van der Waals surface area (Å²) in [5, 5.41) is 11.4. The van der Waals surface area contributed by atoms with E-state index in [9.17, 15) is 4.79 Å². The second kappa shape index (κ2) is 10.1. The number of carbonyl (C=O) groups is 1. The van der Waals surface area contributed by atoms with Crippen molar-refractivity contribution in [1.29, 1.82) is 0 Å². The van der Waals surface area contributed by atoms with E-state index in [-0.39, 0.29) is 11.3 Å². The van der Waals surface area contributed by atoms with Gasteiger partial charge in [-0.2, -0.15) is 11.8 Å². The Kier molecular flexibility index (Phi) is 6.87. The monoisotopic (exact) mass is 508 g/mol. The van der Waals surface area contributed by atoms with Crippen LogP contribution in [0.3, 0.4) is 0 Å². The van der Waals surface area contributed by atoms with Gasteiger partial charge in [0.2, 0.25) is 0 Å². The van der Waals surface area contributed by atoms with Crippen molar-refractivity contribution >= 4 is 39.7 Å². The SMILES string of the molecule is CC(CSCc1ccc(-c2ccc(-c3cccc4c3oc3ccccc34)c(C(C)(C)C)c2)cc1)C(=O)O. The van der Waals surface area contributed by atoms with Crippen molar-refractivity contribution < 1.29 is 14.3 Å². The largest absolute Gasteiger partial charge is 0.481 e. The topological polar surface area (TPSA) is 50.4 Å². The number of para-hydroxylation sites is 2. The molecular formula is C33H32O3S. The molecule has 5 rings (SSSR count). The fourth-order valence-electron chi connectivity index (χ4n) is 4.76. The molecule has 0 saturated heterocycles. The molecule has 0 aliphatic rings. The molecule has 188 valence electrons. The molecule has 0 saturated carbocycles. The van der Waals surface area contributed by atoms with E-state index in [1.54, 1.807) is 18.7 Å². The third-order valence-electron chi connectivity index (χ3n) is 6.87. The Morgan fingerprint density at radius 1 is 0.865 bits per heavy atom. The lowest BCUT2D eigenvalue weighted by Crippen LogP contribution is -2.13. The van der Waals surface area contributed by atoms with E-state index in [0.29, 0.717) is 5.75 Å². The van der Waals surface area contributed by atoms with E-state index in [2.05, 4.69) is 93.6 Å². The van der Waals surface area contributed by atoms with E-state index < -0.39 is 5.97 Å². The number of hydrogen-bond donors (Lipinski definition) is 1. The third-order valence-corrected chi connectivity index (χ3v) is 8.14.